The maximum atomic E-state index is 12.9. The second kappa shape index (κ2) is 9.44. The molecule has 1 N–H and O–H groups in total. The summed E-state index contributed by atoms with van der Waals surface area (Å²) in [4.78, 5) is 10.2. The number of benzene rings is 2. The Morgan fingerprint density at radius 2 is 1.67 bits per heavy atom. The molecule has 0 aliphatic rings. The molecule has 0 saturated carbocycles. The lowest BCUT2D eigenvalue weighted by molar-refractivity contribution is -0.926. The Morgan fingerprint density at radius 1 is 1.10 bits per heavy atom. The maximum absolute atomic E-state index is 12.9. The third kappa shape index (κ3) is 4.91. The molecule has 164 valence electrons. The predicted octanol–water partition coefficient (Wildman–Crippen LogP) is 3.71. The van der Waals surface area contributed by atoms with E-state index in [-0.39, 0.29) is 4.90 Å². The number of para-hydroxylation sites is 1. The van der Waals surface area contributed by atoms with Gasteiger partial charge < -0.3 is 9.80 Å². The van der Waals surface area contributed by atoms with Crippen LogP contribution in [0.2, 0.25) is 0 Å². The Bertz CT molecular complexity index is 973. The van der Waals surface area contributed by atoms with Crippen LogP contribution in [0, 0.1) is 10.1 Å². The summed E-state index contributed by atoms with van der Waals surface area (Å²) in [6.07, 6.45) is 0. The van der Waals surface area contributed by atoms with Gasteiger partial charge in [-0.3, -0.25) is 14.4 Å². The third-order valence-electron chi connectivity index (χ3n) is 6.04. The van der Waals surface area contributed by atoms with Gasteiger partial charge >= 0.3 is 0 Å². The van der Waals surface area contributed by atoms with E-state index >= 15 is 0 Å². The molecule has 0 saturated heterocycles. The largest absolute Gasteiger partial charge is 0.379 e. The highest BCUT2D eigenvalue weighted by Crippen LogP contribution is 2.29. The minimum Gasteiger partial charge on any atom is -0.379 e. The molecule has 1 atom stereocenters. The number of hydrogen-bond donors (Lipinski definition) is 1. The zero-order chi connectivity index (χ0) is 22.5. The average molecular weight is 436 g/mol. The van der Waals surface area contributed by atoms with E-state index in [0.717, 1.165) is 34.1 Å². The van der Waals surface area contributed by atoms with Crippen molar-refractivity contribution in [1.82, 2.24) is 0 Å². The van der Waals surface area contributed by atoms with Crippen molar-refractivity contribution < 1.29 is 17.8 Å². The Labute approximate surface area is 178 Å². The molecule has 9 heteroatoms. The zero-order valence-electron chi connectivity index (χ0n) is 18.2. The van der Waals surface area contributed by atoms with Crippen molar-refractivity contribution in [3.8, 4) is 0 Å². The number of likely N-dealkylation sites (N-methyl/N-ethyl adjacent to an activating group) is 1. The molecule has 0 aliphatic heterocycles. The molecule has 0 spiro atoms. The number of nitro benzene ring substituents is 1. The van der Waals surface area contributed by atoms with Gasteiger partial charge in [0.05, 0.1) is 37.3 Å². The highest BCUT2D eigenvalue weighted by molar-refractivity contribution is 7.93. The van der Waals surface area contributed by atoms with Crippen molar-refractivity contribution in [2.24, 2.45) is 0 Å². The Balaban J connectivity index is 2.17. The van der Waals surface area contributed by atoms with E-state index < -0.39 is 20.6 Å². The molecule has 0 fully saturated rings. The normalized spacial score (nSPS) is 13.0. The number of nitrogens with zero attached hydrogens (tertiary/aromatic N) is 3. The van der Waals surface area contributed by atoms with Crippen molar-refractivity contribution in [1.29, 1.82) is 0 Å². The van der Waals surface area contributed by atoms with Gasteiger partial charge in [0, 0.05) is 18.8 Å². The number of sulfonamides is 1. The van der Waals surface area contributed by atoms with Gasteiger partial charge in [-0.25, -0.2) is 8.42 Å². The lowest BCUT2D eigenvalue weighted by Crippen LogP contribution is -2.53. The molecule has 2 aromatic rings. The van der Waals surface area contributed by atoms with E-state index in [0.29, 0.717) is 11.7 Å². The van der Waals surface area contributed by atoms with Gasteiger partial charge in [0.15, 0.2) is 4.90 Å². The summed E-state index contributed by atoms with van der Waals surface area (Å²) in [5.74, 6) is 0. The second-order valence-corrected chi connectivity index (χ2v) is 9.52. The summed E-state index contributed by atoms with van der Waals surface area (Å²) >= 11 is 0. The van der Waals surface area contributed by atoms with Crippen molar-refractivity contribution in [2.75, 3.05) is 43.4 Å². The van der Waals surface area contributed by atoms with Gasteiger partial charge in [-0.05, 0) is 51.1 Å². The van der Waals surface area contributed by atoms with Crippen LogP contribution in [-0.4, -0.2) is 57.6 Å². The van der Waals surface area contributed by atoms with E-state index in [9.17, 15) is 18.5 Å². The second-order valence-electron chi connectivity index (χ2n) is 7.59. The van der Waals surface area contributed by atoms with Crippen molar-refractivity contribution in [3.63, 3.8) is 0 Å². The molecule has 0 aliphatic carbocycles. The molecule has 8 nitrogen and oxygen atoms in total. The van der Waals surface area contributed by atoms with Crippen LogP contribution >= 0.6 is 0 Å². The summed E-state index contributed by atoms with van der Waals surface area (Å²) in [6, 6.07) is 12.8. The fourth-order valence-corrected chi connectivity index (χ4v) is 4.59. The molecule has 0 bridgehead atoms. The Hall–Kier alpha value is -2.65. The molecular formula is C21H31N4O4S+. The summed E-state index contributed by atoms with van der Waals surface area (Å²) in [5, 5.41) is 14.6. The highest BCUT2D eigenvalue weighted by Gasteiger charge is 2.29. The molecule has 1 unspecified atom stereocenters. The monoisotopic (exact) mass is 435 g/mol. The molecule has 0 heterocycles. The molecule has 0 radical (unpaired) electrons. The van der Waals surface area contributed by atoms with Gasteiger partial charge in [-0.15, -0.1) is 0 Å². The Morgan fingerprint density at radius 3 is 2.20 bits per heavy atom. The number of quaternary nitrogens is 1. The van der Waals surface area contributed by atoms with Gasteiger partial charge in [0.2, 0.25) is 0 Å². The fourth-order valence-electron chi connectivity index (χ4n) is 3.23. The lowest BCUT2D eigenvalue weighted by atomic mass is 10.2. The summed E-state index contributed by atoms with van der Waals surface area (Å²) in [5.41, 5.74) is 0.875. The van der Waals surface area contributed by atoms with Crippen LogP contribution in [0.5, 0.6) is 0 Å². The van der Waals surface area contributed by atoms with Crippen molar-refractivity contribution >= 4 is 27.1 Å². The standard InChI is InChI=1S/C21H31N4O4S/c1-6-25(5,7-2)17(3)16-22-18-12-14-19(15-13-18)23(4)30(28,29)21-11-9-8-10-20(21)24(26)27/h8-15,17,22H,6-7,16H2,1-5H3/q+1. The maximum Gasteiger partial charge on any atom is 0.289 e. The van der Waals surface area contributed by atoms with Crippen LogP contribution in [0.1, 0.15) is 20.8 Å². The van der Waals surface area contributed by atoms with Crippen LogP contribution in [0.15, 0.2) is 53.4 Å². The molecule has 2 aromatic carbocycles. The van der Waals surface area contributed by atoms with Gasteiger partial charge in [0.25, 0.3) is 15.7 Å². The number of anilines is 2. The third-order valence-corrected chi connectivity index (χ3v) is 7.87. The van der Waals surface area contributed by atoms with Crippen LogP contribution in [-0.2, 0) is 10.0 Å². The minimum atomic E-state index is -4.06. The molecule has 0 aromatic heterocycles. The summed E-state index contributed by atoms with van der Waals surface area (Å²) < 4.78 is 27.9. The van der Waals surface area contributed by atoms with Crippen LogP contribution in [0.3, 0.4) is 0 Å². The summed E-state index contributed by atoms with van der Waals surface area (Å²) in [7, 11) is -0.439. The minimum absolute atomic E-state index is 0.329. The Kier molecular flexibility index (Phi) is 7.44. The smallest absolute Gasteiger partial charge is 0.289 e. The van der Waals surface area contributed by atoms with Crippen molar-refractivity contribution in [3.05, 3.63) is 58.6 Å². The first kappa shape index (κ1) is 23.6. The first-order valence-corrected chi connectivity index (χ1v) is 11.4. The van der Waals surface area contributed by atoms with E-state index in [4.69, 9.17) is 0 Å². The predicted molar refractivity (Wildman–Crippen MR) is 120 cm³/mol. The molecular weight excluding hydrogens is 404 g/mol. The van der Waals surface area contributed by atoms with Crippen LogP contribution in [0.25, 0.3) is 0 Å². The number of nitrogens with one attached hydrogen (secondary N) is 1. The fraction of sp³-hybridized carbons (Fsp3) is 0.429. The molecule has 2 rings (SSSR count). The van der Waals surface area contributed by atoms with Crippen LogP contribution < -0.4 is 9.62 Å². The number of hydrogen-bond acceptors (Lipinski definition) is 5. The van der Waals surface area contributed by atoms with E-state index in [1.165, 1.54) is 31.3 Å². The highest BCUT2D eigenvalue weighted by atomic mass is 32.2. The average Bonchev–Trinajstić information content (AvgIpc) is 2.76. The van der Waals surface area contributed by atoms with E-state index in [1.54, 1.807) is 12.1 Å². The van der Waals surface area contributed by atoms with E-state index in [1.807, 2.05) is 12.1 Å². The van der Waals surface area contributed by atoms with Crippen LogP contribution in [0.4, 0.5) is 17.1 Å². The van der Waals surface area contributed by atoms with Crippen molar-refractivity contribution in [2.45, 2.75) is 31.7 Å². The zero-order valence-corrected chi connectivity index (χ0v) is 19.0. The summed E-state index contributed by atoms with van der Waals surface area (Å²) in [6.45, 7) is 9.47. The van der Waals surface area contributed by atoms with Gasteiger partial charge in [0.1, 0.15) is 6.04 Å². The topological polar surface area (TPSA) is 92.6 Å². The quantitative estimate of drug-likeness (QED) is 0.349. The molecule has 30 heavy (non-hydrogen) atoms. The molecule has 0 amide bonds. The van der Waals surface area contributed by atoms with Gasteiger partial charge in [-0.1, -0.05) is 12.1 Å². The number of nitro groups is 1. The first-order valence-electron chi connectivity index (χ1n) is 9.97. The SMILES string of the molecule is CC[N+](C)(CC)C(C)CNc1ccc(N(C)S(=O)(=O)c2ccccc2[N+](=O)[O-])cc1. The lowest BCUT2D eigenvalue weighted by Gasteiger charge is -2.38. The van der Waals surface area contributed by atoms with Gasteiger partial charge in [-0.2, -0.15) is 0 Å². The van der Waals surface area contributed by atoms with E-state index in [2.05, 4.69) is 33.1 Å². The first-order chi connectivity index (χ1) is 14.1. The number of rotatable bonds is 10.